The van der Waals surface area contributed by atoms with Crippen molar-refractivity contribution in [2.75, 3.05) is 6.54 Å². The molecule has 1 aromatic heterocycles. The second kappa shape index (κ2) is 5.37. The van der Waals surface area contributed by atoms with Crippen LogP contribution in [0.4, 0.5) is 0 Å². The Labute approximate surface area is 86.0 Å². The summed E-state index contributed by atoms with van der Waals surface area (Å²) in [6.45, 7) is -0.120. The normalized spacial score (nSPS) is 8.45. The zero-order valence-corrected chi connectivity index (χ0v) is 8.24. The summed E-state index contributed by atoms with van der Waals surface area (Å²) in [7, 11) is 0. The van der Waals surface area contributed by atoms with Crippen molar-refractivity contribution >= 4 is 5.97 Å². The number of esters is 1. The first-order valence-electron chi connectivity index (χ1n) is 2.76. The Kier molecular flexibility index (Phi) is 5.23. The fourth-order valence-corrected chi connectivity index (χ4v) is 0.483. The number of carbonyl (C=O) groups is 1. The van der Waals surface area contributed by atoms with Crippen LogP contribution in [0.15, 0.2) is 23.0 Å². The molecule has 11 heavy (non-hydrogen) atoms. The van der Waals surface area contributed by atoms with Crippen molar-refractivity contribution in [2.24, 2.45) is 5.73 Å². The second-order valence-electron chi connectivity index (χ2n) is 1.64. The number of hydrogen-bond acceptors (Lipinski definition) is 4. The standard InChI is InChI=1S/C6H7NO3.Na/c7-3-6(8)10-5-1-2-9-4-5;/h1-2,4H,3,7H2;/q;+1. The Hall–Kier alpha value is -0.290. The molecule has 0 amide bonds. The van der Waals surface area contributed by atoms with E-state index in [4.69, 9.17) is 5.73 Å². The predicted octanol–water partition coefficient (Wildman–Crippen LogP) is -2.85. The number of furan rings is 1. The molecular formula is C6H7NNaO3+. The van der Waals surface area contributed by atoms with Gasteiger partial charge >= 0.3 is 35.5 Å². The molecule has 4 nitrogen and oxygen atoms in total. The zero-order valence-electron chi connectivity index (χ0n) is 6.24. The van der Waals surface area contributed by atoms with Crippen molar-refractivity contribution < 1.29 is 43.5 Å². The monoisotopic (exact) mass is 164 g/mol. The summed E-state index contributed by atoms with van der Waals surface area (Å²) in [5.74, 6) is -0.0862. The van der Waals surface area contributed by atoms with E-state index in [1.165, 1.54) is 18.6 Å². The number of ether oxygens (including phenoxy) is 1. The van der Waals surface area contributed by atoms with Gasteiger partial charge in [0.1, 0.15) is 6.26 Å². The van der Waals surface area contributed by atoms with Gasteiger partial charge in [0.25, 0.3) is 0 Å². The van der Waals surface area contributed by atoms with Crippen molar-refractivity contribution in [3.63, 3.8) is 0 Å². The van der Waals surface area contributed by atoms with E-state index in [-0.39, 0.29) is 36.1 Å². The van der Waals surface area contributed by atoms with Crippen molar-refractivity contribution in [3.05, 3.63) is 18.6 Å². The average Bonchev–Trinajstić information content (AvgIpc) is 2.40. The molecule has 0 atom stereocenters. The van der Waals surface area contributed by atoms with Gasteiger partial charge in [-0.15, -0.1) is 0 Å². The number of hydrogen-bond donors (Lipinski definition) is 1. The van der Waals surface area contributed by atoms with Crippen LogP contribution in [0.2, 0.25) is 0 Å². The van der Waals surface area contributed by atoms with E-state index in [0.29, 0.717) is 5.75 Å². The van der Waals surface area contributed by atoms with Crippen molar-refractivity contribution in [3.8, 4) is 5.75 Å². The van der Waals surface area contributed by atoms with Crippen molar-refractivity contribution in [1.29, 1.82) is 0 Å². The summed E-state index contributed by atoms with van der Waals surface area (Å²) >= 11 is 0. The van der Waals surface area contributed by atoms with Crippen LogP contribution in [0.25, 0.3) is 0 Å². The minimum atomic E-state index is -0.471. The number of rotatable bonds is 2. The molecule has 5 heteroatoms. The molecule has 54 valence electrons. The molecule has 0 aliphatic heterocycles. The van der Waals surface area contributed by atoms with Crippen LogP contribution in [-0.4, -0.2) is 12.5 Å². The van der Waals surface area contributed by atoms with Crippen molar-refractivity contribution in [1.82, 2.24) is 0 Å². The first-order chi connectivity index (χ1) is 4.83. The SMILES string of the molecule is NCC(=O)Oc1ccoc1.[Na+]. The summed E-state index contributed by atoms with van der Waals surface area (Å²) in [5, 5.41) is 0. The topological polar surface area (TPSA) is 65.5 Å². The molecule has 2 N–H and O–H groups in total. The third-order valence-electron chi connectivity index (χ3n) is 0.893. The van der Waals surface area contributed by atoms with Crippen LogP contribution in [-0.2, 0) is 4.79 Å². The summed E-state index contributed by atoms with van der Waals surface area (Å²) in [4.78, 5) is 10.5. The van der Waals surface area contributed by atoms with E-state index in [2.05, 4.69) is 9.15 Å². The number of nitrogens with two attached hydrogens (primary N) is 1. The van der Waals surface area contributed by atoms with E-state index < -0.39 is 5.97 Å². The summed E-state index contributed by atoms with van der Waals surface area (Å²) in [6.07, 6.45) is 2.74. The van der Waals surface area contributed by atoms with Crippen LogP contribution in [0, 0.1) is 0 Å². The maximum atomic E-state index is 10.5. The average molecular weight is 164 g/mol. The largest absolute Gasteiger partial charge is 1.00 e. The quantitative estimate of drug-likeness (QED) is 0.377. The Balaban J connectivity index is 0.000001000. The van der Waals surface area contributed by atoms with Crippen LogP contribution >= 0.6 is 0 Å². The van der Waals surface area contributed by atoms with Gasteiger partial charge in [-0.1, -0.05) is 0 Å². The molecule has 0 radical (unpaired) electrons. The smallest absolute Gasteiger partial charge is 0.469 e. The summed E-state index contributed by atoms with van der Waals surface area (Å²) < 4.78 is 9.29. The Bertz CT molecular complexity index is 210. The predicted molar refractivity (Wildman–Crippen MR) is 33.4 cm³/mol. The maximum absolute atomic E-state index is 10.5. The van der Waals surface area contributed by atoms with Crippen LogP contribution in [0.3, 0.4) is 0 Å². The summed E-state index contributed by atoms with van der Waals surface area (Å²) in [6, 6.07) is 1.54. The molecule has 1 aromatic rings. The first kappa shape index (κ1) is 10.7. The van der Waals surface area contributed by atoms with Gasteiger partial charge < -0.3 is 14.9 Å². The first-order valence-corrected chi connectivity index (χ1v) is 2.76. The Morgan fingerprint density at radius 2 is 2.45 bits per heavy atom. The second-order valence-corrected chi connectivity index (χ2v) is 1.64. The molecule has 0 aromatic carbocycles. The van der Waals surface area contributed by atoms with Gasteiger partial charge in [-0.05, 0) is 0 Å². The van der Waals surface area contributed by atoms with Gasteiger partial charge in [0.15, 0.2) is 5.75 Å². The molecule has 0 aliphatic rings. The van der Waals surface area contributed by atoms with Crippen molar-refractivity contribution in [2.45, 2.75) is 0 Å². The molecular weight excluding hydrogens is 157 g/mol. The fourth-order valence-electron chi connectivity index (χ4n) is 0.483. The van der Waals surface area contributed by atoms with Crippen LogP contribution in [0.5, 0.6) is 5.75 Å². The minimum absolute atomic E-state index is 0. The Morgan fingerprint density at radius 1 is 1.73 bits per heavy atom. The van der Waals surface area contributed by atoms with E-state index in [9.17, 15) is 4.79 Å². The van der Waals surface area contributed by atoms with E-state index in [0.717, 1.165) is 0 Å². The third kappa shape index (κ3) is 3.57. The third-order valence-corrected chi connectivity index (χ3v) is 0.893. The fraction of sp³-hybridized carbons (Fsp3) is 0.167. The van der Waals surface area contributed by atoms with Gasteiger partial charge in [-0.2, -0.15) is 0 Å². The van der Waals surface area contributed by atoms with Crippen LogP contribution < -0.4 is 40.0 Å². The maximum Gasteiger partial charge on any atom is 1.00 e. The zero-order chi connectivity index (χ0) is 7.40. The van der Waals surface area contributed by atoms with E-state index in [1.807, 2.05) is 0 Å². The van der Waals surface area contributed by atoms with E-state index >= 15 is 0 Å². The Morgan fingerprint density at radius 3 is 2.91 bits per heavy atom. The molecule has 0 unspecified atom stereocenters. The van der Waals surface area contributed by atoms with Gasteiger partial charge in [-0.25, -0.2) is 0 Å². The molecule has 0 saturated carbocycles. The molecule has 1 rings (SSSR count). The molecule has 0 bridgehead atoms. The molecule has 0 aliphatic carbocycles. The summed E-state index contributed by atoms with van der Waals surface area (Å²) in [5.41, 5.74) is 4.98. The van der Waals surface area contributed by atoms with Gasteiger partial charge in [0.2, 0.25) is 0 Å². The van der Waals surface area contributed by atoms with Crippen LogP contribution in [0.1, 0.15) is 0 Å². The minimum Gasteiger partial charge on any atom is -0.469 e. The van der Waals surface area contributed by atoms with Gasteiger partial charge in [-0.3, -0.25) is 4.79 Å². The van der Waals surface area contributed by atoms with E-state index in [1.54, 1.807) is 0 Å². The van der Waals surface area contributed by atoms with Gasteiger partial charge in [0, 0.05) is 6.07 Å². The number of carbonyl (C=O) groups excluding carboxylic acids is 1. The molecule has 0 fully saturated rings. The van der Waals surface area contributed by atoms with Gasteiger partial charge in [0.05, 0.1) is 12.8 Å². The molecule has 0 spiro atoms. The molecule has 1 heterocycles. The molecule has 0 saturated heterocycles.